The van der Waals surface area contributed by atoms with Crippen molar-refractivity contribution in [1.29, 1.82) is 0 Å². The highest BCUT2D eigenvalue weighted by molar-refractivity contribution is 6.05. The summed E-state index contributed by atoms with van der Waals surface area (Å²) in [5.41, 5.74) is 15.4. The first-order valence-electron chi connectivity index (χ1n) is 14.8. The lowest BCUT2D eigenvalue weighted by Crippen LogP contribution is -1.92. The van der Waals surface area contributed by atoms with E-state index in [4.69, 9.17) is 4.98 Å². The van der Waals surface area contributed by atoms with Crippen molar-refractivity contribution in [1.82, 2.24) is 9.38 Å². The van der Waals surface area contributed by atoms with Gasteiger partial charge in [0.25, 0.3) is 0 Å². The Morgan fingerprint density at radius 1 is 0.442 bits per heavy atom. The Morgan fingerprint density at radius 3 is 1.53 bits per heavy atom. The number of aromatic nitrogens is 2. The smallest absolute Gasteiger partial charge is 0.145 e. The molecule has 2 nitrogen and oxygen atoms in total. The molecule has 0 bridgehead atoms. The fourth-order valence-corrected chi connectivity index (χ4v) is 6.24. The van der Waals surface area contributed by atoms with Gasteiger partial charge in [0.1, 0.15) is 5.65 Å². The third-order valence-corrected chi connectivity index (χ3v) is 8.70. The Labute approximate surface area is 251 Å². The number of fused-ring (bicyclic) bond motifs is 5. The first-order chi connectivity index (χ1) is 21.1. The van der Waals surface area contributed by atoms with Crippen LogP contribution in [-0.2, 0) is 0 Å². The number of benzene rings is 6. The van der Waals surface area contributed by atoms with Gasteiger partial charge in [-0.15, -0.1) is 0 Å². The summed E-state index contributed by atoms with van der Waals surface area (Å²) < 4.78 is 2.27. The van der Waals surface area contributed by atoms with Crippen molar-refractivity contribution in [3.05, 3.63) is 157 Å². The summed E-state index contributed by atoms with van der Waals surface area (Å²) in [6, 6.07) is 50.3. The molecule has 43 heavy (non-hydrogen) atoms. The zero-order valence-electron chi connectivity index (χ0n) is 24.3. The Kier molecular flexibility index (Phi) is 5.94. The van der Waals surface area contributed by atoms with Crippen molar-refractivity contribution in [3.8, 4) is 44.5 Å². The van der Waals surface area contributed by atoms with Crippen LogP contribution in [0.1, 0.15) is 11.1 Å². The summed E-state index contributed by atoms with van der Waals surface area (Å²) >= 11 is 0. The Bertz CT molecular complexity index is 2220. The second-order valence-electron chi connectivity index (χ2n) is 11.4. The molecule has 0 saturated heterocycles. The molecule has 0 N–H and O–H groups in total. The van der Waals surface area contributed by atoms with Crippen molar-refractivity contribution < 1.29 is 0 Å². The lowest BCUT2D eigenvalue weighted by molar-refractivity contribution is 1.24. The van der Waals surface area contributed by atoms with E-state index < -0.39 is 0 Å². The molecule has 0 atom stereocenters. The van der Waals surface area contributed by atoms with Gasteiger partial charge in [0.2, 0.25) is 0 Å². The molecular formula is C41H30N2. The summed E-state index contributed by atoms with van der Waals surface area (Å²) in [5, 5.41) is 2.38. The zero-order chi connectivity index (χ0) is 28.9. The second kappa shape index (κ2) is 10.1. The van der Waals surface area contributed by atoms with Crippen molar-refractivity contribution in [2.24, 2.45) is 0 Å². The van der Waals surface area contributed by atoms with Crippen molar-refractivity contribution in [2.75, 3.05) is 0 Å². The number of rotatable bonds is 4. The molecule has 0 aliphatic rings. The highest BCUT2D eigenvalue weighted by atomic mass is 15.0. The van der Waals surface area contributed by atoms with Gasteiger partial charge in [0, 0.05) is 17.1 Å². The van der Waals surface area contributed by atoms with E-state index in [9.17, 15) is 0 Å². The minimum absolute atomic E-state index is 1.00. The summed E-state index contributed by atoms with van der Waals surface area (Å²) in [6.45, 7) is 4.33. The quantitative estimate of drug-likeness (QED) is 0.213. The first-order valence-corrected chi connectivity index (χ1v) is 14.8. The highest BCUT2D eigenvalue weighted by Gasteiger charge is 2.14. The predicted molar refractivity (Wildman–Crippen MR) is 181 cm³/mol. The lowest BCUT2D eigenvalue weighted by Gasteiger charge is -2.13. The van der Waals surface area contributed by atoms with Crippen LogP contribution >= 0.6 is 0 Å². The van der Waals surface area contributed by atoms with Crippen molar-refractivity contribution >= 4 is 27.5 Å². The van der Waals surface area contributed by atoms with E-state index >= 15 is 0 Å². The third-order valence-electron chi connectivity index (χ3n) is 8.70. The van der Waals surface area contributed by atoms with E-state index in [1.807, 2.05) is 0 Å². The minimum Gasteiger partial charge on any atom is -0.298 e. The highest BCUT2D eigenvalue weighted by Crippen LogP contribution is 2.36. The molecule has 2 heterocycles. The average Bonchev–Trinajstić information content (AvgIpc) is 3.42. The Hall–Kier alpha value is -5.47. The minimum atomic E-state index is 1.00. The van der Waals surface area contributed by atoms with E-state index in [-0.39, 0.29) is 0 Å². The molecule has 0 radical (unpaired) electrons. The fraction of sp³-hybridized carbons (Fsp3) is 0.0488. The standard InChI is InChI=1S/C41H30N2/c1-27-21-39-40(22-28(27)2)43-26-38(36-15-9-10-16-37(36)41(43)42-39)32-19-17-31(18-20-32)35-24-33(29-11-5-3-6-12-29)23-34(25-35)30-13-7-4-8-14-30/h3-26H,1-2H3. The number of nitrogens with zero attached hydrogens (tertiary/aromatic N) is 2. The molecular weight excluding hydrogens is 520 g/mol. The van der Waals surface area contributed by atoms with Gasteiger partial charge >= 0.3 is 0 Å². The summed E-state index contributed by atoms with van der Waals surface area (Å²) in [6.07, 6.45) is 2.26. The normalized spacial score (nSPS) is 11.5. The number of hydrogen-bond acceptors (Lipinski definition) is 1. The van der Waals surface area contributed by atoms with Crippen LogP contribution in [-0.4, -0.2) is 9.38 Å². The van der Waals surface area contributed by atoms with Crippen LogP contribution < -0.4 is 0 Å². The molecule has 8 rings (SSSR count). The fourth-order valence-electron chi connectivity index (χ4n) is 6.24. The van der Waals surface area contributed by atoms with Crippen LogP contribution in [0.4, 0.5) is 0 Å². The topological polar surface area (TPSA) is 17.3 Å². The Morgan fingerprint density at radius 2 is 0.930 bits per heavy atom. The zero-order valence-corrected chi connectivity index (χ0v) is 24.3. The summed E-state index contributed by atoms with van der Waals surface area (Å²) in [5.74, 6) is 0. The molecule has 0 aliphatic carbocycles. The molecule has 2 aromatic heterocycles. The monoisotopic (exact) mass is 550 g/mol. The molecule has 6 aromatic carbocycles. The van der Waals surface area contributed by atoms with E-state index in [0.29, 0.717) is 0 Å². The average molecular weight is 551 g/mol. The molecule has 0 aliphatic heterocycles. The summed E-state index contributed by atoms with van der Waals surface area (Å²) in [4.78, 5) is 5.06. The van der Waals surface area contributed by atoms with E-state index in [2.05, 4.69) is 164 Å². The molecule has 204 valence electrons. The van der Waals surface area contributed by atoms with Crippen LogP contribution in [0.25, 0.3) is 72.0 Å². The maximum atomic E-state index is 5.06. The number of pyridine rings is 1. The molecule has 2 heteroatoms. The molecule has 0 fully saturated rings. The first kappa shape index (κ1) is 25.3. The maximum Gasteiger partial charge on any atom is 0.145 e. The molecule has 0 unspecified atom stereocenters. The van der Waals surface area contributed by atoms with E-state index in [1.165, 1.54) is 66.4 Å². The molecule has 0 amide bonds. The van der Waals surface area contributed by atoms with Crippen molar-refractivity contribution in [3.63, 3.8) is 0 Å². The van der Waals surface area contributed by atoms with Gasteiger partial charge in [-0.2, -0.15) is 0 Å². The van der Waals surface area contributed by atoms with Crippen LogP contribution in [0, 0.1) is 13.8 Å². The van der Waals surface area contributed by atoms with Gasteiger partial charge < -0.3 is 0 Å². The number of hydrogen-bond donors (Lipinski definition) is 0. The van der Waals surface area contributed by atoms with Crippen LogP contribution in [0.5, 0.6) is 0 Å². The van der Waals surface area contributed by atoms with Gasteiger partial charge in [-0.1, -0.05) is 109 Å². The largest absolute Gasteiger partial charge is 0.298 e. The van der Waals surface area contributed by atoms with Gasteiger partial charge in [-0.05, 0) is 99.6 Å². The summed E-state index contributed by atoms with van der Waals surface area (Å²) in [7, 11) is 0. The molecule has 0 saturated carbocycles. The Balaban J connectivity index is 1.28. The van der Waals surface area contributed by atoms with E-state index in [1.54, 1.807) is 0 Å². The van der Waals surface area contributed by atoms with Crippen LogP contribution in [0.15, 0.2) is 146 Å². The second-order valence-corrected chi connectivity index (χ2v) is 11.4. The van der Waals surface area contributed by atoms with Crippen LogP contribution in [0.2, 0.25) is 0 Å². The predicted octanol–water partition coefficient (Wildman–Crippen LogP) is 10.9. The lowest BCUT2D eigenvalue weighted by atomic mass is 9.92. The third kappa shape index (κ3) is 4.40. The van der Waals surface area contributed by atoms with Crippen LogP contribution in [0.3, 0.4) is 0 Å². The van der Waals surface area contributed by atoms with Gasteiger partial charge in [0.05, 0.1) is 11.0 Å². The van der Waals surface area contributed by atoms with Gasteiger partial charge in [0.15, 0.2) is 0 Å². The number of aryl methyl sites for hydroxylation is 2. The maximum absolute atomic E-state index is 5.06. The SMILES string of the molecule is Cc1cc2nc3c4ccccc4c(-c4ccc(-c5cc(-c6ccccc6)cc(-c6ccccc6)c5)cc4)cn3c2cc1C. The molecule has 0 spiro atoms. The van der Waals surface area contributed by atoms with E-state index in [0.717, 1.165) is 16.7 Å². The van der Waals surface area contributed by atoms with Gasteiger partial charge in [-0.3, -0.25) is 4.40 Å². The van der Waals surface area contributed by atoms with Crippen molar-refractivity contribution in [2.45, 2.75) is 13.8 Å². The molecule has 8 aromatic rings. The van der Waals surface area contributed by atoms with Gasteiger partial charge in [-0.25, -0.2) is 4.98 Å². The number of imidazole rings is 1.